The van der Waals surface area contributed by atoms with E-state index in [2.05, 4.69) is 24.1 Å². The Morgan fingerprint density at radius 1 is 1.50 bits per heavy atom. The molecule has 2 atom stereocenters. The summed E-state index contributed by atoms with van der Waals surface area (Å²) in [6.45, 7) is 8.85. The van der Waals surface area contributed by atoms with Crippen LogP contribution in [0.3, 0.4) is 0 Å². The lowest BCUT2D eigenvalue weighted by molar-refractivity contribution is 0.335. The average Bonchev–Trinajstić information content (AvgIpc) is 2.92. The normalized spacial score (nSPS) is 21.1. The molecule has 1 fully saturated rings. The van der Waals surface area contributed by atoms with Crippen LogP contribution >= 0.6 is 0 Å². The second-order valence-electron chi connectivity index (χ2n) is 5.60. The zero-order valence-corrected chi connectivity index (χ0v) is 12.7. The van der Waals surface area contributed by atoms with Crippen LogP contribution in [0.25, 0.3) is 0 Å². The largest absolute Gasteiger partial charge is 0.507 e. The van der Waals surface area contributed by atoms with Crippen molar-refractivity contribution >= 4 is 0 Å². The van der Waals surface area contributed by atoms with E-state index in [0.29, 0.717) is 11.5 Å². The molecule has 1 aliphatic rings. The van der Waals surface area contributed by atoms with Crippen LogP contribution in [0.4, 0.5) is 0 Å². The molecule has 4 nitrogen and oxygen atoms in total. The van der Waals surface area contributed by atoms with Crippen molar-refractivity contribution in [1.29, 1.82) is 0 Å². The van der Waals surface area contributed by atoms with Crippen LogP contribution in [0, 0.1) is 5.92 Å². The number of phenols is 1. The van der Waals surface area contributed by atoms with E-state index < -0.39 is 0 Å². The molecule has 2 rings (SSSR count). The Balaban J connectivity index is 1.87. The lowest BCUT2D eigenvalue weighted by Crippen LogP contribution is -2.28. The first-order valence-corrected chi connectivity index (χ1v) is 7.46. The highest BCUT2D eigenvalue weighted by atomic mass is 16.5. The highest BCUT2D eigenvalue weighted by molar-refractivity contribution is 5.41. The van der Waals surface area contributed by atoms with Gasteiger partial charge < -0.3 is 20.1 Å². The molecular weight excluding hydrogens is 252 g/mol. The molecule has 4 heteroatoms. The van der Waals surface area contributed by atoms with E-state index >= 15 is 0 Å². The van der Waals surface area contributed by atoms with Crippen LogP contribution in [0.1, 0.15) is 31.9 Å². The number of benzene rings is 1. The highest BCUT2D eigenvalue weighted by Gasteiger charge is 2.21. The van der Waals surface area contributed by atoms with Crippen LogP contribution in [-0.4, -0.2) is 43.3 Å². The van der Waals surface area contributed by atoms with E-state index in [0.717, 1.165) is 24.6 Å². The van der Waals surface area contributed by atoms with Crippen LogP contribution in [0.15, 0.2) is 18.2 Å². The van der Waals surface area contributed by atoms with E-state index in [4.69, 9.17) is 4.74 Å². The number of likely N-dealkylation sites (tertiary alicyclic amines) is 1. The summed E-state index contributed by atoms with van der Waals surface area (Å²) in [6.07, 6.45) is 1.27. The first kappa shape index (κ1) is 15.1. The van der Waals surface area contributed by atoms with Gasteiger partial charge >= 0.3 is 0 Å². The molecule has 1 aliphatic heterocycles. The van der Waals surface area contributed by atoms with Crippen LogP contribution in [0.2, 0.25) is 0 Å². The van der Waals surface area contributed by atoms with Crippen molar-refractivity contribution in [3.63, 3.8) is 0 Å². The molecule has 2 unspecified atom stereocenters. The fourth-order valence-electron chi connectivity index (χ4n) is 2.84. The standard InChI is InChI=1S/C16H26N2O2/c1-4-18-8-7-13(11-18)10-17-12(2)15-6-5-14(20-3)9-16(15)19/h5-6,9,12-13,17,19H,4,7-8,10-11H2,1-3H3. The SMILES string of the molecule is CCN1CCC(CNC(C)c2ccc(OC)cc2O)C1. The molecule has 0 aromatic heterocycles. The van der Waals surface area contributed by atoms with Gasteiger partial charge in [-0.25, -0.2) is 0 Å². The predicted molar refractivity (Wildman–Crippen MR) is 81.3 cm³/mol. The van der Waals surface area contributed by atoms with Gasteiger partial charge in [0.2, 0.25) is 0 Å². The Morgan fingerprint density at radius 3 is 2.90 bits per heavy atom. The van der Waals surface area contributed by atoms with E-state index in [1.54, 1.807) is 13.2 Å². The Hall–Kier alpha value is -1.26. The second-order valence-corrected chi connectivity index (χ2v) is 5.60. The molecular formula is C16H26N2O2. The van der Waals surface area contributed by atoms with Gasteiger partial charge in [0.05, 0.1) is 7.11 Å². The third kappa shape index (κ3) is 3.64. The molecule has 112 valence electrons. The average molecular weight is 278 g/mol. The molecule has 1 heterocycles. The number of hydrogen-bond donors (Lipinski definition) is 2. The molecule has 1 aromatic rings. The number of nitrogens with zero attached hydrogens (tertiary/aromatic N) is 1. The fourth-order valence-corrected chi connectivity index (χ4v) is 2.84. The smallest absolute Gasteiger partial charge is 0.124 e. The van der Waals surface area contributed by atoms with Gasteiger partial charge in [-0.15, -0.1) is 0 Å². The van der Waals surface area contributed by atoms with Crippen LogP contribution < -0.4 is 10.1 Å². The zero-order valence-electron chi connectivity index (χ0n) is 12.7. The quantitative estimate of drug-likeness (QED) is 0.838. The van der Waals surface area contributed by atoms with E-state index in [1.165, 1.54) is 19.5 Å². The van der Waals surface area contributed by atoms with E-state index in [-0.39, 0.29) is 6.04 Å². The van der Waals surface area contributed by atoms with Gasteiger partial charge in [-0.1, -0.05) is 13.0 Å². The minimum absolute atomic E-state index is 0.150. The second kappa shape index (κ2) is 6.95. The third-order valence-corrected chi connectivity index (χ3v) is 4.23. The Morgan fingerprint density at radius 2 is 2.30 bits per heavy atom. The van der Waals surface area contributed by atoms with Gasteiger partial charge in [0.1, 0.15) is 11.5 Å². The van der Waals surface area contributed by atoms with E-state index in [9.17, 15) is 5.11 Å². The maximum absolute atomic E-state index is 10.0. The highest BCUT2D eigenvalue weighted by Crippen LogP contribution is 2.28. The number of phenolic OH excluding ortho intramolecular Hbond substituents is 1. The Kier molecular flexibility index (Phi) is 5.26. The molecule has 0 amide bonds. The maximum atomic E-state index is 10.0. The topological polar surface area (TPSA) is 44.7 Å². The van der Waals surface area contributed by atoms with Gasteiger partial charge in [0, 0.05) is 24.2 Å². The summed E-state index contributed by atoms with van der Waals surface area (Å²) in [5.74, 6) is 1.71. The summed E-state index contributed by atoms with van der Waals surface area (Å²) < 4.78 is 5.11. The molecule has 0 bridgehead atoms. The van der Waals surface area contributed by atoms with E-state index in [1.807, 2.05) is 12.1 Å². The molecule has 2 N–H and O–H groups in total. The third-order valence-electron chi connectivity index (χ3n) is 4.23. The molecule has 1 saturated heterocycles. The van der Waals surface area contributed by atoms with Crippen molar-refractivity contribution in [1.82, 2.24) is 10.2 Å². The molecule has 20 heavy (non-hydrogen) atoms. The molecule has 0 spiro atoms. The summed E-state index contributed by atoms with van der Waals surface area (Å²) in [6, 6.07) is 5.64. The van der Waals surface area contributed by atoms with Gasteiger partial charge in [-0.3, -0.25) is 0 Å². The first-order chi connectivity index (χ1) is 9.63. The van der Waals surface area contributed by atoms with Gasteiger partial charge in [-0.2, -0.15) is 0 Å². The minimum atomic E-state index is 0.150. The maximum Gasteiger partial charge on any atom is 0.124 e. The Bertz CT molecular complexity index is 436. The number of nitrogens with one attached hydrogen (secondary N) is 1. The van der Waals surface area contributed by atoms with Gasteiger partial charge in [0.15, 0.2) is 0 Å². The molecule has 1 aromatic carbocycles. The van der Waals surface area contributed by atoms with Crippen LogP contribution in [-0.2, 0) is 0 Å². The lowest BCUT2D eigenvalue weighted by Gasteiger charge is -2.19. The summed E-state index contributed by atoms with van der Waals surface area (Å²) in [5, 5.41) is 13.6. The van der Waals surface area contributed by atoms with Crippen molar-refractivity contribution in [3.8, 4) is 11.5 Å². The van der Waals surface area contributed by atoms with Crippen molar-refractivity contribution < 1.29 is 9.84 Å². The lowest BCUT2D eigenvalue weighted by atomic mass is 10.0. The van der Waals surface area contributed by atoms with Crippen molar-refractivity contribution in [3.05, 3.63) is 23.8 Å². The number of ether oxygens (including phenoxy) is 1. The van der Waals surface area contributed by atoms with Gasteiger partial charge in [0.25, 0.3) is 0 Å². The van der Waals surface area contributed by atoms with Crippen LogP contribution in [0.5, 0.6) is 11.5 Å². The molecule has 0 saturated carbocycles. The summed E-state index contributed by atoms with van der Waals surface area (Å²) >= 11 is 0. The fraction of sp³-hybridized carbons (Fsp3) is 0.625. The first-order valence-electron chi connectivity index (χ1n) is 7.46. The number of methoxy groups -OCH3 is 1. The number of rotatable bonds is 6. The summed E-state index contributed by atoms with van der Waals surface area (Å²) in [5.41, 5.74) is 0.927. The monoisotopic (exact) mass is 278 g/mol. The molecule has 0 radical (unpaired) electrons. The Labute approximate surface area is 121 Å². The minimum Gasteiger partial charge on any atom is -0.507 e. The van der Waals surface area contributed by atoms with Crippen molar-refractivity contribution in [2.45, 2.75) is 26.3 Å². The van der Waals surface area contributed by atoms with Crippen molar-refractivity contribution in [2.75, 3.05) is 33.3 Å². The predicted octanol–water partition coefficient (Wildman–Crippen LogP) is 2.39. The summed E-state index contributed by atoms with van der Waals surface area (Å²) in [4.78, 5) is 2.49. The zero-order chi connectivity index (χ0) is 14.5. The number of hydrogen-bond acceptors (Lipinski definition) is 4. The van der Waals surface area contributed by atoms with Crippen molar-refractivity contribution in [2.24, 2.45) is 5.92 Å². The summed E-state index contributed by atoms with van der Waals surface area (Å²) in [7, 11) is 1.61. The molecule has 0 aliphatic carbocycles. The van der Waals surface area contributed by atoms with Gasteiger partial charge in [-0.05, 0) is 45.0 Å². The number of aromatic hydroxyl groups is 1.